The van der Waals surface area contributed by atoms with E-state index in [1.54, 1.807) is 0 Å². The fourth-order valence-corrected chi connectivity index (χ4v) is 3.84. The summed E-state index contributed by atoms with van der Waals surface area (Å²) < 4.78 is 0. The topological polar surface area (TPSA) is 23.5 Å². The third kappa shape index (κ3) is 5.61. The third-order valence-electron chi connectivity index (χ3n) is 5.28. The molecule has 0 bridgehead atoms. The highest BCUT2D eigenvalue weighted by molar-refractivity contribution is 5.23. The van der Waals surface area contributed by atoms with Gasteiger partial charge in [0.25, 0.3) is 0 Å². The van der Waals surface area contributed by atoms with Crippen molar-refractivity contribution in [2.24, 2.45) is 5.92 Å². The van der Waals surface area contributed by atoms with Gasteiger partial charge in [-0.3, -0.25) is 0 Å². The predicted octanol–water partition coefficient (Wildman–Crippen LogP) is 5.21. The fourth-order valence-electron chi connectivity index (χ4n) is 3.84. The largest absolute Gasteiger partial charge is 0.385 e. The number of aliphatic hydroxyl groups is 1. The summed E-state index contributed by atoms with van der Waals surface area (Å²) in [4.78, 5) is 2.29. The molecular weight excluding hydrogens is 282 g/mol. The first kappa shape index (κ1) is 20.2. The first-order valence-corrected chi connectivity index (χ1v) is 9.43. The first-order valence-electron chi connectivity index (χ1n) is 9.43. The summed E-state index contributed by atoms with van der Waals surface area (Å²) in [5.41, 5.74) is 0.400. The standard InChI is InChI=1S/C21H37NO/c1-6-12-18(13-7-2)21(23,19-14-10-9-11-15-19)17-16-20(8-3)22(4)5/h9-11,14-15,18,20,23H,6-8,12-13,16-17H2,1-5H3. The highest BCUT2D eigenvalue weighted by Gasteiger charge is 2.37. The van der Waals surface area contributed by atoms with Crippen molar-refractivity contribution in [3.8, 4) is 0 Å². The third-order valence-corrected chi connectivity index (χ3v) is 5.28. The lowest BCUT2D eigenvalue weighted by molar-refractivity contribution is -0.0453. The monoisotopic (exact) mass is 319 g/mol. The van der Waals surface area contributed by atoms with Crippen LogP contribution in [0.2, 0.25) is 0 Å². The molecule has 2 heteroatoms. The number of hydrogen-bond acceptors (Lipinski definition) is 2. The molecule has 0 fully saturated rings. The van der Waals surface area contributed by atoms with E-state index >= 15 is 0 Å². The maximum absolute atomic E-state index is 11.7. The second kappa shape index (κ2) is 10.1. The molecule has 0 amide bonds. The van der Waals surface area contributed by atoms with Gasteiger partial charge in [0.05, 0.1) is 5.60 Å². The Morgan fingerprint density at radius 1 is 0.957 bits per heavy atom. The van der Waals surface area contributed by atoms with Crippen LogP contribution < -0.4 is 0 Å². The van der Waals surface area contributed by atoms with Crippen molar-refractivity contribution >= 4 is 0 Å². The summed E-state index contributed by atoms with van der Waals surface area (Å²) >= 11 is 0. The molecule has 1 rings (SSSR count). The summed E-state index contributed by atoms with van der Waals surface area (Å²) in [6.07, 6.45) is 7.46. The molecule has 2 atom stereocenters. The van der Waals surface area contributed by atoms with Gasteiger partial charge in [-0.2, -0.15) is 0 Å². The van der Waals surface area contributed by atoms with Crippen molar-refractivity contribution in [3.05, 3.63) is 35.9 Å². The van der Waals surface area contributed by atoms with Crippen molar-refractivity contribution in [1.82, 2.24) is 4.90 Å². The van der Waals surface area contributed by atoms with Crippen LogP contribution in [0.25, 0.3) is 0 Å². The number of benzene rings is 1. The molecule has 132 valence electrons. The van der Waals surface area contributed by atoms with E-state index in [9.17, 15) is 5.11 Å². The van der Waals surface area contributed by atoms with Crippen molar-refractivity contribution < 1.29 is 5.11 Å². The Kier molecular flexibility index (Phi) is 8.86. The molecule has 1 aromatic rings. The number of nitrogens with zero attached hydrogens (tertiary/aromatic N) is 1. The van der Waals surface area contributed by atoms with Gasteiger partial charge in [0.15, 0.2) is 0 Å². The van der Waals surface area contributed by atoms with Gasteiger partial charge in [-0.05, 0) is 57.7 Å². The van der Waals surface area contributed by atoms with Crippen molar-refractivity contribution in [2.45, 2.75) is 77.4 Å². The summed E-state index contributed by atoms with van der Waals surface area (Å²) in [7, 11) is 4.29. The second-order valence-corrected chi connectivity index (χ2v) is 7.13. The lowest BCUT2D eigenvalue weighted by Crippen LogP contribution is -2.38. The van der Waals surface area contributed by atoms with Crippen LogP contribution >= 0.6 is 0 Å². The zero-order valence-electron chi connectivity index (χ0n) is 15.9. The normalized spacial score (nSPS) is 15.8. The van der Waals surface area contributed by atoms with Crippen LogP contribution in [-0.4, -0.2) is 30.1 Å². The van der Waals surface area contributed by atoms with Crippen LogP contribution in [-0.2, 0) is 5.60 Å². The van der Waals surface area contributed by atoms with E-state index in [-0.39, 0.29) is 0 Å². The minimum Gasteiger partial charge on any atom is -0.385 e. The lowest BCUT2D eigenvalue weighted by atomic mass is 9.73. The van der Waals surface area contributed by atoms with E-state index < -0.39 is 5.60 Å². The van der Waals surface area contributed by atoms with E-state index in [0.29, 0.717) is 12.0 Å². The van der Waals surface area contributed by atoms with Gasteiger partial charge in [-0.1, -0.05) is 63.9 Å². The fraction of sp³-hybridized carbons (Fsp3) is 0.714. The van der Waals surface area contributed by atoms with Crippen molar-refractivity contribution in [2.75, 3.05) is 14.1 Å². The molecule has 23 heavy (non-hydrogen) atoms. The Hall–Kier alpha value is -0.860. The maximum Gasteiger partial charge on any atom is 0.0925 e. The van der Waals surface area contributed by atoms with Gasteiger partial charge >= 0.3 is 0 Å². The lowest BCUT2D eigenvalue weighted by Gasteiger charge is -2.39. The Labute approximate surface area is 143 Å². The predicted molar refractivity (Wildman–Crippen MR) is 101 cm³/mol. The molecule has 0 aliphatic carbocycles. The van der Waals surface area contributed by atoms with E-state index in [4.69, 9.17) is 0 Å². The second-order valence-electron chi connectivity index (χ2n) is 7.13. The van der Waals surface area contributed by atoms with E-state index in [0.717, 1.165) is 50.5 Å². The van der Waals surface area contributed by atoms with Gasteiger partial charge < -0.3 is 10.0 Å². The highest BCUT2D eigenvalue weighted by Crippen LogP contribution is 2.40. The van der Waals surface area contributed by atoms with Crippen molar-refractivity contribution in [1.29, 1.82) is 0 Å². The van der Waals surface area contributed by atoms with Crippen LogP contribution in [0.5, 0.6) is 0 Å². The molecule has 0 saturated heterocycles. The molecule has 0 heterocycles. The van der Waals surface area contributed by atoms with Crippen LogP contribution in [0.1, 0.15) is 71.3 Å². The summed E-state index contributed by atoms with van der Waals surface area (Å²) in [5.74, 6) is 0.347. The van der Waals surface area contributed by atoms with Gasteiger partial charge in [0.1, 0.15) is 0 Å². The number of rotatable bonds is 11. The van der Waals surface area contributed by atoms with Gasteiger partial charge in [-0.25, -0.2) is 0 Å². The molecule has 0 aliphatic heterocycles. The van der Waals surface area contributed by atoms with Gasteiger partial charge in [-0.15, -0.1) is 0 Å². The smallest absolute Gasteiger partial charge is 0.0925 e. The van der Waals surface area contributed by atoms with Crippen molar-refractivity contribution in [3.63, 3.8) is 0 Å². The molecule has 2 nitrogen and oxygen atoms in total. The Morgan fingerprint density at radius 2 is 1.52 bits per heavy atom. The van der Waals surface area contributed by atoms with Crippen LogP contribution in [0.3, 0.4) is 0 Å². The minimum atomic E-state index is -0.698. The summed E-state index contributed by atoms with van der Waals surface area (Å²) in [5, 5.41) is 11.7. The molecule has 2 unspecified atom stereocenters. The average Bonchev–Trinajstić information content (AvgIpc) is 2.55. The number of hydrogen-bond donors (Lipinski definition) is 1. The Balaban J connectivity index is 3.04. The molecule has 0 radical (unpaired) electrons. The van der Waals surface area contributed by atoms with Gasteiger partial charge in [0.2, 0.25) is 0 Å². The van der Waals surface area contributed by atoms with Crippen LogP contribution in [0, 0.1) is 5.92 Å². The zero-order chi connectivity index (χ0) is 17.3. The zero-order valence-corrected chi connectivity index (χ0v) is 15.9. The van der Waals surface area contributed by atoms with E-state index in [1.165, 1.54) is 0 Å². The molecular formula is C21H37NO. The van der Waals surface area contributed by atoms with E-state index in [2.05, 4.69) is 64.0 Å². The summed E-state index contributed by atoms with van der Waals surface area (Å²) in [6, 6.07) is 10.9. The van der Waals surface area contributed by atoms with Crippen LogP contribution in [0.15, 0.2) is 30.3 Å². The molecule has 0 aliphatic rings. The SMILES string of the molecule is CCCC(CCC)C(O)(CCC(CC)N(C)C)c1ccccc1. The highest BCUT2D eigenvalue weighted by atomic mass is 16.3. The molecule has 0 spiro atoms. The minimum absolute atomic E-state index is 0.347. The first-order chi connectivity index (χ1) is 11.0. The molecule has 1 N–H and O–H groups in total. The van der Waals surface area contributed by atoms with E-state index in [1.807, 2.05) is 6.07 Å². The maximum atomic E-state index is 11.7. The Morgan fingerprint density at radius 3 is 1.96 bits per heavy atom. The molecule has 0 saturated carbocycles. The quantitative estimate of drug-likeness (QED) is 0.605. The molecule has 0 aromatic heterocycles. The van der Waals surface area contributed by atoms with Crippen LogP contribution in [0.4, 0.5) is 0 Å². The summed E-state index contributed by atoms with van der Waals surface area (Å²) in [6.45, 7) is 6.69. The average molecular weight is 320 g/mol. The molecule has 1 aromatic carbocycles. The Bertz CT molecular complexity index is 411. The van der Waals surface area contributed by atoms with Gasteiger partial charge in [0, 0.05) is 6.04 Å².